The van der Waals surface area contributed by atoms with Crippen LogP contribution < -0.4 is 0 Å². The van der Waals surface area contributed by atoms with Gasteiger partial charge in [-0.3, -0.25) is 0 Å². The largest absolute Gasteiger partial charge is 0.0877 e. The van der Waals surface area contributed by atoms with E-state index < -0.39 is 0 Å². The zero-order chi connectivity index (χ0) is 6.69. The average Bonchev–Trinajstić information content (AvgIpc) is 1.88. The van der Waals surface area contributed by atoms with Gasteiger partial charge in [0.05, 0.1) is 0 Å². The molecule has 0 amide bonds. The second-order valence-electron chi connectivity index (χ2n) is 2.96. The molecule has 0 aromatic heterocycles. The van der Waals surface area contributed by atoms with Crippen molar-refractivity contribution in [3.8, 4) is 0 Å². The highest BCUT2D eigenvalue weighted by Gasteiger charge is 2.11. The van der Waals surface area contributed by atoms with Gasteiger partial charge in [-0.1, -0.05) is 32.4 Å². The van der Waals surface area contributed by atoms with Gasteiger partial charge in [0.25, 0.3) is 0 Å². The molecule has 0 saturated carbocycles. The molecular formula is C9H15. The van der Waals surface area contributed by atoms with Crippen molar-refractivity contribution in [3.05, 3.63) is 18.1 Å². The molecule has 0 N–H and O–H groups in total. The lowest BCUT2D eigenvalue weighted by molar-refractivity contribution is 0.481. The monoisotopic (exact) mass is 123 g/mol. The van der Waals surface area contributed by atoms with Gasteiger partial charge >= 0.3 is 0 Å². The Morgan fingerprint density at radius 1 is 1.67 bits per heavy atom. The van der Waals surface area contributed by atoms with Crippen LogP contribution in [0.15, 0.2) is 12.2 Å². The van der Waals surface area contributed by atoms with E-state index in [9.17, 15) is 0 Å². The summed E-state index contributed by atoms with van der Waals surface area (Å²) in [6.45, 7) is 4.50. The molecule has 0 spiro atoms. The standard InChI is InChI=1S/C9H15/c1-3-9-6-4-5-8(2)7-9/h4-5,9H,3,6-7H2,1-2H3. The summed E-state index contributed by atoms with van der Waals surface area (Å²) >= 11 is 0. The van der Waals surface area contributed by atoms with E-state index in [1.807, 2.05) is 0 Å². The van der Waals surface area contributed by atoms with Crippen LogP contribution in [0.3, 0.4) is 0 Å². The van der Waals surface area contributed by atoms with Crippen molar-refractivity contribution < 1.29 is 0 Å². The van der Waals surface area contributed by atoms with Crippen molar-refractivity contribution in [2.24, 2.45) is 5.92 Å². The number of allylic oxidation sites excluding steroid dienone is 2. The molecule has 0 aliphatic heterocycles. The highest BCUT2D eigenvalue weighted by atomic mass is 14.2. The summed E-state index contributed by atoms with van der Waals surface area (Å²) < 4.78 is 0. The normalized spacial score (nSPS) is 28.9. The molecule has 1 unspecified atom stereocenters. The minimum atomic E-state index is 0.940. The highest BCUT2D eigenvalue weighted by molar-refractivity contribution is 5.11. The molecule has 1 aliphatic carbocycles. The molecule has 1 atom stereocenters. The molecule has 0 bridgehead atoms. The molecule has 1 rings (SSSR count). The summed E-state index contributed by atoms with van der Waals surface area (Å²) in [5, 5.41) is 0. The summed E-state index contributed by atoms with van der Waals surface area (Å²) in [4.78, 5) is 0. The topological polar surface area (TPSA) is 0 Å². The van der Waals surface area contributed by atoms with Gasteiger partial charge in [-0.2, -0.15) is 0 Å². The van der Waals surface area contributed by atoms with Gasteiger partial charge in [-0.25, -0.2) is 0 Å². The molecule has 0 aromatic carbocycles. The minimum Gasteiger partial charge on any atom is -0.0877 e. The van der Waals surface area contributed by atoms with Crippen molar-refractivity contribution in [2.75, 3.05) is 0 Å². The maximum Gasteiger partial charge on any atom is -0.00554 e. The van der Waals surface area contributed by atoms with E-state index >= 15 is 0 Å². The first-order valence-corrected chi connectivity index (χ1v) is 3.82. The second kappa shape index (κ2) is 3.05. The van der Waals surface area contributed by atoms with E-state index in [1.54, 1.807) is 5.92 Å². The van der Waals surface area contributed by atoms with E-state index in [4.69, 9.17) is 0 Å². The molecule has 9 heavy (non-hydrogen) atoms. The van der Waals surface area contributed by atoms with Crippen LogP contribution in [0.5, 0.6) is 0 Å². The van der Waals surface area contributed by atoms with Crippen LogP contribution in [0.1, 0.15) is 33.1 Å². The molecular weight excluding hydrogens is 108 g/mol. The van der Waals surface area contributed by atoms with Gasteiger partial charge in [0.1, 0.15) is 0 Å². The molecule has 1 aliphatic rings. The smallest absolute Gasteiger partial charge is 0.00554 e. The van der Waals surface area contributed by atoms with Gasteiger partial charge in [0.2, 0.25) is 0 Å². The Balaban J connectivity index is 2.38. The Morgan fingerprint density at radius 2 is 2.44 bits per heavy atom. The number of hydrogen-bond donors (Lipinski definition) is 0. The fourth-order valence-electron chi connectivity index (χ4n) is 1.38. The Bertz CT molecular complexity index is 103. The van der Waals surface area contributed by atoms with Crippen molar-refractivity contribution in [1.29, 1.82) is 0 Å². The van der Waals surface area contributed by atoms with E-state index in [1.165, 1.54) is 19.3 Å². The minimum absolute atomic E-state index is 0.940. The lowest BCUT2D eigenvalue weighted by Gasteiger charge is -2.19. The Hall–Kier alpha value is -0.260. The zero-order valence-corrected chi connectivity index (χ0v) is 6.35. The molecule has 0 fully saturated rings. The Kier molecular flexibility index (Phi) is 2.32. The third-order valence-corrected chi connectivity index (χ3v) is 2.06. The predicted molar refractivity (Wildman–Crippen MR) is 41.1 cm³/mol. The van der Waals surface area contributed by atoms with Crippen molar-refractivity contribution in [2.45, 2.75) is 33.1 Å². The van der Waals surface area contributed by atoms with Gasteiger partial charge in [-0.15, -0.1) is 0 Å². The number of hydrogen-bond acceptors (Lipinski definition) is 0. The molecule has 0 heterocycles. The molecule has 1 radical (unpaired) electrons. The Labute approximate surface area is 58.0 Å². The molecule has 0 aromatic rings. The van der Waals surface area contributed by atoms with E-state index in [2.05, 4.69) is 26.0 Å². The lowest BCUT2D eigenvalue weighted by atomic mass is 9.86. The van der Waals surface area contributed by atoms with Crippen LogP contribution in [-0.2, 0) is 0 Å². The second-order valence-corrected chi connectivity index (χ2v) is 2.96. The van der Waals surface area contributed by atoms with Crippen LogP contribution in [0.25, 0.3) is 0 Å². The third-order valence-electron chi connectivity index (χ3n) is 2.06. The number of rotatable bonds is 1. The van der Waals surface area contributed by atoms with Gasteiger partial charge in [-0.05, 0) is 24.7 Å². The van der Waals surface area contributed by atoms with Crippen molar-refractivity contribution in [1.82, 2.24) is 0 Å². The predicted octanol–water partition coefficient (Wildman–Crippen LogP) is 2.96. The summed E-state index contributed by atoms with van der Waals surface area (Å²) in [7, 11) is 0. The first-order valence-electron chi connectivity index (χ1n) is 3.82. The molecule has 0 heteroatoms. The van der Waals surface area contributed by atoms with Crippen LogP contribution in [0.4, 0.5) is 0 Å². The van der Waals surface area contributed by atoms with Gasteiger partial charge < -0.3 is 0 Å². The van der Waals surface area contributed by atoms with E-state index in [0.717, 1.165) is 5.92 Å². The quantitative estimate of drug-likeness (QED) is 0.503. The molecule has 0 saturated heterocycles. The molecule has 51 valence electrons. The maximum atomic E-state index is 2.30. The fraction of sp³-hybridized carbons (Fsp3) is 0.667. The van der Waals surface area contributed by atoms with Crippen LogP contribution in [0.2, 0.25) is 0 Å². The SMILES string of the molecule is CCC1CC=C[C](C)C1. The summed E-state index contributed by atoms with van der Waals surface area (Å²) in [5.74, 6) is 2.49. The zero-order valence-electron chi connectivity index (χ0n) is 6.35. The van der Waals surface area contributed by atoms with E-state index in [-0.39, 0.29) is 0 Å². The Morgan fingerprint density at radius 3 is 2.89 bits per heavy atom. The van der Waals surface area contributed by atoms with Gasteiger partial charge in [0, 0.05) is 0 Å². The fourth-order valence-corrected chi connectivity index (χ4v) is 1.38. The molecule has 0 nitrogen and oxygen atoms in total. The van der Waals surface area contributed by atoms with Crippen molar-refractivity contribution in [3.63, 3.8) is 0 Å². The van der Waals surface area contributed by atoms with Crippen LogP contribution in [-0.4, -0.2) is 0 Å². The lowest BCUT2D eigenvalue weighted by Crippen LogP contribution is -2.05. The highest BCUT2D eigenvalue weighted by Crippen LogP contribution is 2.26. The summed E-state index contributed by atoms with van der Waals surface area (Å²) in [5.41, 5.74) is 0. The van der Waals surface area contributed by atoms with Crippen LogP contribution in [0, 0.1) is 11.8 Å². The maximum absolute atomic E-state index is 2.30. The van der Waals surface area contributed by atoms with Crippen molar-refractivity contribution >= 4 is 0 Å². The van der Waals surface area contributed by atoms with Crippen LogP contribution >= 0.6 is 0 Å². The van der Waals surface area contributed by atoms with Gasteiger partial charge in [0.15, 0.2) is 0 Å². The first-order chi connectivity index (χ1) is 4.33. The first kappa shape index (κ1) is 6.85. The van der Waals surface area contributed by atoms with E-state index in [0.29, 0.717) is 0 Å². The average molecular weight is 123 g/mol. The summed E-state index contributed by atoms with van der Waals surface area (Å²) in [6, 6.07) is 0. The third kappa shape index (κ3) is 1.85. The summed E-state index contributed by atoms with van der Waals surface area (Å²) in [6.07, 6.45) is 8.52.